The molecule has 5 nitrogen and oxygen atoms in total. The minimum absolute atomic E-state index is 0.0124. The molecule has 2 N–H and O–H groups in total. The van der Waals surface area contributed by atoms with Crippen LogP contribution in [0.1, 0.15) is 30.1 Å². The van der Waals surface area contributed by atoms with Gasteiger partial charge in [0.25, 0.3) is 0 Å². The maximum absolute atomic E-state index is 13.8. The molecule has 19 heavy (non-hydrogen) atoms. The highest BCUT2D eigenvalue weighted by molar-refractivity contribution is 5.88. The van der Waals surface area contributed by atoms with Crippen molar-refractivity contribution in [2.45, 2.75) is 25.9 Å². The van der Waals surface area contributed by atoms with Crippen LogP contribution in [0.25, 0.3) is 0 Å². The Bertz CT molecular complexity index is 467. The van der Waals surface area contributed by atoms with Crippen LogP contribution >= 0.6 is 0 Å². The van der Waals surface area contributed by atoms with E-state index in [4.69, 9.17) is 9.84 Å². The van der Waals surface area contributed by atoms with E-state index in [-0.39, 0.29) is 17.5 Å². The lowest BCUT2D eigenvalue weighted by Crippen LogP contribution is -2.23. The number of hydrogen-bond donors (Lipinski definition) is 2. The zero-order valence-electron chi connectivity index (χ0n) is 10.7. The largest absolute Gasteiger partial charge is 0.478 e. The summed E-state index contributed by atoms with van der Waals surface area (Å²) in [6.45, 7) is 3.30. The molecule has 2 rings (SSSR count). The van der Waals surface area contributed by atoms with Gasteiger partial charge in [0.15, 0.2) is 11.6 Å². The molecule has 0 saturated carbocycles. The van der Waals surface area contributed by atoms with E-state index >= 15 is 0 Å². The number of carboxylic acid groups (broad SMARTS) is 1. The van der Waals surface area contributed by atoms with Crippen LogP contribution in [-0.4, -0.2) is 35.3 Å². The number of nitrogens with zero attached hydrogens (tertiary/aromatic N) is 1. The van der Waals surface area contributed by atoms with Gasteiger partial charge < -0.3 is 15.2 Å². The molecule has 2 heterocycles. The smallest absolute Gasteiger partial charge is 0.338 e. The van der Waals surface area contributed by atoms with Crippen LogP contribution in [0.15, 0.2) is 12.3 Å². The summed E-state index contributed by atoms with van der Waals surface area (Å²) in [5.41, 5.74) is -0.368. The van der Waals surface area contributed by atoms with Crippen molar-refractivity contribution in [3.63, 3.8) is 0 Å². The third-order valence-corrected chi connectivity index (χ3v) is 3.40. The topological polar surface area (TPSA) is 71.5 Å². The standard InChI is InChI=1S/C13H17FN2O3/c1-2-10-8(4-6-19-10)7-16-12-11(14)9(13(17)18)3-5-15-12/h3,5,8,10H,2,4,6-7H2,1H3,(H,15,16)(H,17,18). The normalized spacial score (nSPS) is 22.4. The van der Waals surface area contributed by atoms with Crippen molar-refractivity contribution in [2.75, 3.05) is 18.5 Å². The first-order valence-electron chi connectivity index (χ1n) is 6.36. The second kappa shape index (κ2) is 5.97. The number of carboxylic acids is 1. The van der Waals surface area contributed by atoms with E-state index < -0.39 is 11.8 Å². The quantitative estimate of drug-likeness (QED) is 0.856. The zero-order valence-corrected chi connectivity index (χ0v) is 10.7. The van der Waals surface area contributed by atoms with Crippen molar-refractivity contribution in [1.82, 2.24) is 4.98 Å². The number of hydrogen-bond acceptors (Lipinski definition) is 4. The molecule has 1 aliphatic rings. The monoisotopic (exact) mass is 268 g/mol. The number of rotatable bonds is 5. The highest BCUT2D eigenvalue weighted by Crippen LogP contribution is 2.24. The number of nitrogens with one attached hydrogen (secondary N) is 1. The molecule has 1 fully saturated rings. The first kappa shape index (κ1) is 13.7. The molecule has 0 amide bonds. The van der Waals surface area contributed by atoms with E-state index in [1.165, 1.54) is 6.20 Å². The minimum Gasteiger partial charge on any atom is -0.478 e. The van der Waals surface area contributed by atoms with Crippen molar-refractivity contribution in [1.29, 1.82) is 0 Å². The number of aromatic carboxylic acids is 1. The third kappa shape index (κ3) is 3.01. The molecule has 1 aromatic heterocycles. The van der Waals surface area contributed by atoms with Crippen molar-refractivity contribution >= 4 is 11.8 Å². The average Bonchev–Trinajstić information content (AvgIpc) is 2.84. The molecule has 6 heteroatoms. The van der Waals surface area contributed by atoms with Gasteiger partial charge in [0.2, 0.25) is 0 Å². The lowest BCUT2D eigenvalue weighted by atomic mass is 10.00. The molecule has 0 radical (unpaired) electrons. The number of ether oxygens (including phenoxy) is 1. The SMILES string of the molecule is CCC1OCCC1CNc1nccc(C(=O)O)c1F. The van der Waals surface area contributed by atoms with Crippen molar-refractivity contribution in [3.05, 3.63) is 23.6 Å². The fraction of sp³-hybridized carbons (Fsp3) is 0.538. The molecule has 0 aliphatic carbocycles. The Hall–Kier alpha value is -1.69. The molecule has 0 bridgehead atoms. The van der Waals surface area contributed by atoms with Gasteiger partial charge >= 0.3 is 5.97 Å². The van der Waals surface area contributed by atoms with Gasteiger partial charge in [0.1, 0.15) is 5.56 Å². The van der Waals surface area contributed by atoms with Crippen LogP contribution in [0.3, 0.4) is 0 Å². The Morgan fingerprint density at radius 1 is 1.68 bits per heavy atom. The van der Waals surface area contributed by atoms with E-state index in [0.717, 1.165) is 25.5 Å². The fourth-order valence-electron chi connectivity index (χ4n) is 2.34. The second-order valence-electron chi connectivity index (χ2n) is 4.57. The Balaban J connectivity index is 2.03. The van der Waals surface area contributed by atoms with Crippen LogP contribution in [-0.2, 0) is 4.74 Å². The molecule has 0 spiro atoms. The summed E-state index contributed by atoms with van der Waals surface area (Å²) in [7, 11) is 0. The maximum Gasteiger partial charge on any atom is 0.338 e. The Morgan fingerprint density at radius 3 is 3.16 bits per heavy atom. The maximum atomic E-state index is 13.8. The van der Waals surface area contributed by atoms with Gasteiger partial charge in [-0.1, -0.05) is 6.92 Å². The Labute approximate surface area is 110 Å². The van der Waals surface area contributed by atoms with Crippen molar-refractivity contribution in [3.8, 4) is 0 Å². The highest BCUT2D eigenvalue weighted by Gasteiger charge is 2.27. The van der Waals surface area contributed by atoms with Crippen molar-refractivity contribution < 1.29 is 19.0 Å². The van der Waals surface area contributed by atoms with Gasteiger partial charge in [0, 0.05) is 25.3 Å². The summed E-state index contributed by atoms with van der Waals surface area (Å²) in [5.74, 6) is -1.82. The number of halogens is 1. The summed E-state index contributed by atoms with van der Waals surface area (Å²) >= 11 is 0. The number of pyridine rings is 1. The van der Waals surface area contributed by atoms with Crippen LogP contribution < -0.4 is 5.32 Å². The first-order valence-corrected chi connectivity index (χ1v) is 6.36. The van der Waals surface area contributed by atoms with Crippen LogP contribution in [0, 0.1) is 11.7 Å². The van der Waals surface area contributed by atoms with Gasteiger partial charge in [-0.2, -0.15) is 0 Å². The van der Waals surface area contributed by atoms with E-state index in [0.29, 0.717) is 12.5 Å². The predicted octanol–water partition coefficient (Wildman–Crippen LogP) is 2.15. The number of anilines is 1. The minimum atomic E-state index is -1.29. The lowest BCUT2D eigenvalue weighted by molar-refractivity contribution is 0.0691. The molecule has 2 atom stereocenters. The lowest BCUT2D eigenvalue weighted by Gasteiger charge is -2.17. The third-order valence-electron chi connectivity index (χ3n) is 3.40. The van der Waals surface area contributed by atoms with E-state index in [1.807, 2.05) is 6.92 Å². The van der Waals surface area contributed by atoms with Crippen LogP contribution in [0.4, 0.5) is 10.2 Å². The summed E-state index contributed by atoms with van der Waals surface area (Å²) < 4.78 is 19.4. The average molecular weight is 268 g/mol. The summed E-state index contributed by atoms with van der Waals surface area (Å²) in [6, 6.07) is 1.15. The van der Waals surface area contributed by atoms with Crippen molar-refractivity contribution in [2.24, 2.45) is 5.92 Å². The van der Waals surface area contributed by atoms with Crippen LogP contribution in [0.2, 0.25) is 0 Å². The zero-order chi connectivity index (χ0) is 13.8. The number of carbonyl (C=O) groups is 1. The molecule has 2 unspecified atom stereocenters. The van der Waals surface area contributed by atoms with Gasteiger partial charge in [-0.3, -0.25) is 0 Å². The Kier molecular flexibility index (Phi) is 4.31. The molecular weight excluding hydrogens is 251 g/mol. The molecule has 1 aliphatic heterocycles. The summed E-state index contributed by atoms with van der Waals surface area (Å²) in [6.07, 6.45) is 3.30. The van der Waals surface area contributed by atoms with E-state index in [1.54, 1.807) is 0 Å². The molecule has 104 valence electrons. The second-order valence-corrected chi connectivity index (χ2v) is 4.57. The summed E-state index contributed by atoms with van der Waals surface area (Å²) in [5, 5.41) is 11.7. The van der Waals surface area contributed by atoms with E-state index in [9.17, 15) is 9.18 Å². The van der Waals surface area contributed by atoms with Gasteiger partial charge in [-0.05, 0) is 18.9 Å². The molecule has 0 aromatic carbocycles. The van der Waals surface area contributed by atoms with Gasteiger partial charge in [-0.25, -0.2) is 14.2 Å². The van der Waals surface area contributed by atoms with Crippen LogP contribution in [0.5, 0.6) is 0 Å². The first-order chi connectivity index (χ1) is 9.13. The number of aromatic nitrogens is 1. The predicted molar refractivity (Wildman–Crippen MR) is 67.8 cm³/mol. The Morgan fingerprint density at radius 2 is 2.47 bits per heavy atom. The highest BCUT2D eigenvalue weighted by atomic mass is 19.1. The van der Waals surface area contributed by atoms with E-state index in [2.05, 4.69) is 10.3 Å². The van der Waals surface area contributed by atoms with Gasteiger partial charge in [0.05, 0.1) is 6.10 Å². The fourth-order valence-corrected chi connectivity index (χ4v) is 2.34. The molecular formula is C13H17FN2O3. The van der Waals surface area contributed by atoms with Gasteiger partial charge in [-0.15, -0.1) is 0 Å². The summed E-state index contributed by atoms with van der Waals surface area (Å²) in [4.78, 5) is 14.7. The molecule has 1 saturated heterocycles. The molecule has 1 aromatic rings.